The predicted molar refractivity (Wildman–Crippen MR) is 134 cm³/mol. The van der Waals surface area contributed by atoms with Crippen molar-refractivity contribution in [2.24, 2.45) is 0 Å². The van der Waals surface area contributed by atoms with Gasteiger partial charge >= 0.3 is 15.6 Å². The summed E-state index contributed by atoms with van der Waals surface area (Å²) in [6.07, 6.45) is 4.77. The van der Waals surface area contributed by atoms with Gasteiger partial charge in [0.1, 0.15) is 11.6 Å². The maximum absolute atomic E-state index is 10.7. The van der Waals surface area contributed by atoms with E-state index in [1.54, 1.807) is 0 Å². The number of benzene rings is 2. The molecule has 4 aromatic rings. The van der Waals surface area contributed by atoms with E-state index >= 15 is 0 Å². The first-order valence-corrected chi connectivity index (χ1v) is 12.8. The van der Waals surface area contributed by atoms with Crippen molar-refractivity contribution < 1.29 is 26.1 Å². The quantitative estimate of drug-likeness (QED) is 0.224. The van der Waals surface area contributed by atoms with Gasteiger partial charge < -0.3 is 10.6 Å². The molecule has 1 aliphatic carbocycles. The third-order valence-corrected chi connectivity index (χ3v) is 6.51. The van der Waals surface area contributed by atoms with E-state index in [1.165, 1.54) is 23.6 Å². The Morgan fingerprint density at radius 3 is 1.50 bits per heavy atom. The van der Waals surface area contributed by atoms with E-state index < -0.39 is 15.6 Å². The smallest absolute Gasteiger partial charge is 0.365 e. The molecule has 0 unspecified atom stereocenters. The van der Waals surface area contributed by atoms with Gasteiger partial charge in [-0.05, 0) is 49.2 Å². The fourth-order valence-electron chi connectivity index (χ4n) is 4.15. The number of nitrogens with zero attached hydrogens (tertiary/aromatic N) is 2. The van der Waals surface area contributed by atoms with Gasteiger partial charge in [-0.25, -0.2) is 9.97 Å². The lowest BCUT2D eigenvalue weighted by atomic mass is 9.90. The highest BCUT2D eigenvalue weighted by Gasteiger charge is 2.44. The van der Waals surface area contributed by atoms with E-state index in [1.807, 2.05) is 12.1 Å². The van der Waals surface area contributed by atoms with Crippen molar-refractivity contribution in [3.8, 4) is 0 Å². The number of halogens is 3. The van der Waals surface area contributed by atoms with Gasteiger partial charge in [-0.3, -0.25) is 4.55 Å². The second-order valence-electron chi connectivity index (χ2n) is 8.49. The van der Waals surface area contributed by atoms with Crippen molar-refractivity contribution in [1.29, 1.82) is 0 Å². The summed E-state index contributed by atoms with van der Waals surface area (Å²) >= 11 is 0. The maximum atomic E-state index is 10.7. The normalized spacial score (nSPS) is 18.3. The van der Waals surface area contributed by atoms with Crippen molar-refractivity contribution >= 4 is 43.6 Å². The number of pyridine rings is 2. The van der Waals surface area contributed by atoms with Crippen molar-refractivity contribution in [1.82, 2.24) is 9.97 Å². The third kappa shape index (κ3) is 6.41. The molecular formula is C25H25F3N4O3S. The van der Waals surface area contributed by atoms with Gasteiger partial charge in [0, 0.05) is 22.9 Å². The van der Waals surface area contributed by atoms with Crippen molar-refractivity contribution in [2.75, 3.05) is 10.6 Å². The number of para-hydroxylation sites is 2. The van der Waals surface area contributed by atoms with Crippen LogP contribution in [0, 0.1) is 0 Å². The highest BCUT2D eigenvalue weighted by Crippen LogP contribution is 2.26. The Hall–Kier alpha value is -3.44. The molecule has 0 bridgehead atoms. The second-order valence-corrected chi connectivity index (χ2v) is 9.90. The monoisotopic (exact) mass is 518 g/mol. The topological polar surface area (TPSA) is 104 Å². The second kappa shape index (κ2) is 10.7. The lowest BCUT2D eigenvalue weighted by Gasteiger charge is -2.33. The molecule has 0 radical (unpaired) electrons. The molecule has 0 spiro atoms. The lowest BCUT2D eigenvalue weighted by Crippen LogP contribution is -2.42. The molecule has 0 aliphatic heterocycles. The van der Waals surface area contributed by atoms with Crippen LogP contribution in [0.2, 0.25) is 0 Å². The Morgan fingerprint density at radius 2 is 1.11 bits per heavy atom. The molecule has 36 heavy (non-hydrogen) atoms. The summed E-state index contributed by atoms with van der Waals surface area (Å²) in [7, 11) is -5.84. The Bertz CT molecular complexity index is 1360. The van der Waals surface area contributed by atoms with Crippen LogP contribution in [0.15, 0.2) is 72.8 Å². The fourth-order valence-corrected chi connectivity index (χ4v) is 4.15. The van der Waals surface area contributed by atoms with E-state index in [4.69, 9.17) is 22.9 Å². The molecule has 3 N–H and O–H groups in total. The van der Waals surface area contributed by atoms with Crippen LogP contribution >= 0.6 is 0 Å². The highest BCUT2D eigenvalue weighted by atomic mass is 32.2. The molecule has 2 aromatic heterocycles. The van der Waals surface area contributed by atoms with Crippen LogP contribution in [0.1, 0.15) is 25.7 Å². The fraction of sp³-hybridized carbons (Fsp3) is 0.280. The molecule has 1 aliphatic rings. The zero-order chi connectivity index (χ0) is 25.8. The molecule has 2 aromatic carbocycles. The minimum atomic E-state index is -5.84. The molecule has 190 valence electrons. The van der Waals surface area contributed by atoms with Crippen molar-refractivity contribution in [2.45, 2.75) is 43.3 Å². The van der Waals surface area contributed by atoms with Gasteiger partial charge in [0.05, 0.1) is 11.0 Å². The summed E-state index contributed by atoms with van der Waals surface area (Å²) in [5.41, 5.74) is -3.47. The van der Waals surface area contributed by atoms with E-state index in [2.05, 4.69) is 71.3 Å². The molecule has 1 fully saturated rings. The van der Waals surface area contributed by atoms with E-state index in [-0.39, 0.29) is 0 Å². The average molecular weight is 519 g/mol. The molecule has 2 atom stereocenters. The molecule has 0 saturated heterocycles. The van der Waals surface area contributed by atoms with Gasteiger partial charge in [-0.15, -0.1) is 0 Å². The van der Waals surface area contributed by atoms with Crippen LogP contribution in [0.5, 0.6) is 0 Å². The summed E-state index contributed by atoms with van der Waals surface area (Å²) < 4.78 is 57.5. The minimum Gasteiger partial charge on any atom is -0.365 e. The highest BCUT2D eigenvalue weighted by molar-refractivity contribution is 7.86. The average Bonchev–Trinajstić information content (AvgIpc) is 2.84. The first-order valence-electron chi connectivity index (χ1n) is 11.4. The Labute approximate surface area is 206 Å². The molecule has 7 nitrogen and oxygen atoms in total. The summed E-state index contributed by atoms with van der Waals surface area (Å²) in [6, 6.07) is 25.6. The number of nitrogens with one attached hydrogen (secondary N) is 2. The number of aromatic nitrogens is 2. The Balaban J connectivity index is 0.000000331. The predicted octanol–water partition coefficient (Wildman–Crippen LogP) is 6.01. The van der Waals surface area contributed by atoms with Gasteiger partial charge in [-0.2, -0.15) is 21.6 Å². The number of alkyl halides is 3. The number of hydrogen-bond acceptors (Lipinski definition) is 6. The molecule has 5 rings (SSSR count). The SMILES string of the molecule is O=S(=O)(O)C(F)(F)F.c1ccc2nc(N[C@@H]3CCCC[C@H]3Nc3ccc4ccccc4n3)ccc2c1. The largest absolute Gasteiger partial charge is 0.522 e. The van der Waals surface area contributed by atoms with Crippen LogP contribution in [0.4, 0.5) is 24.8 Å². The number of rotatable bonds is 4. The number of hydrogen-bond donors (Lipinski definition) is 3. The standard InChI is InChI=1S/C24H24N4.CHF3O3S/c1-3-9-19-17(7-1)13-15-23(25-19)27-21-11-5-6-12-22(21)28-24-16-14-18-8-2-4-10-20(18)26-24;2-1(3,4)8(5,6)7/h1-4,7-10,13-16,21-22H,5-6,11-12H2,(H,25,27)(H,26,28);(H,5,6,7)/t21-,22-;/m1./s1. The minimum absolute atomic E-state index is 0.343. The van der Waals surface area contributed by atoms with Crippen molar-refractivity contribution in [3.63, 3.8) is 0 Å². The first-order chi connectivity index (χ1) is 17.1. The zero-order valence-corrected chi connectivity index (χ0v) is 19.9. The van der Waals surface area contributed by atoms with Gasteiger partial charge in [0.2, 0.25) is 0 Å². The van der Waals surface area contributed by atoms with Crippen LogP contribution in [0.3, 0.4) is 0 Å². The summed E-state index contributed by atoms with van der Waals surface area (Å²) in [5.74, 6) is 1.90. The maximum Gasteiger partial charge on any atom is 0.522 e. The number of anilines is 2. The zero-order valence-electron chi connectivity index (χ0n) is 19.1. The van der Waals surface area contributed by atoms with E-state index in [0.717, 1.165) is 35.5 Å². The molecule has 0 amide bonds. The lowest BCUT2D eigenvalue weighted by molar-refractivity contribution is -0.0510. The summed E-state index contributed by atoms with van der Waals surface area (Å²) in [6.45, 7) is 0. The van der Waals surface area contributed by atoms with Crippen LogP contribution < -0.4 is 10.6 Å². The molecule has 2 heterocycles. The summed E-state index contributed by atoms with van der Waals surface area (Å²) in [5, 5.41) is 9.70. The molecule has 1 saturated carbocycles. The Kier molecular flexibility index (Phi) is 7.60. The van der Waals surface area contributed by atoms with Gasteiger partial charge in [0.25, 0.3) is 0 Å². The molecule has 11 heteroatoms. The third-order valence-electron chi connectivity index (χ3n) is 5.92. The van der Waals surface area contributed by atoms with E-state index in [0.29, 0.717) is 12.1 Å². The number of fused-ring (bicyclic) bond motifs is 2. The van der Waals surface area contributed by atoms with Crippen molar-refractivity contribution in [3.05, 3.63) is 72.8 Å². The van der Waals surface area contributed by atoms with E-state index in [9.17, 15) is 13.2 Å². The van der Waals surface area contributed by atoms with Gasteiger partial charge in [-0.1, -0.05) is 49.2 Å². The van der Waals surface area contributed by atoms with Crippen LogP contribution in [-0.2, 0) is 10.1 Å². The van der Waals surface area contributed by atoms with Gasteiger partial charge in [0.15, 0.2) is 0 Å². The summed E-state index contributed by atoms with van der Waals surface area (Å²) in [4.78, 5) is 9.59. The van der Waals surface area contributed by atoms with Crippen LogP contribution in [0.25, 0.3) is 21.8 Å². The Morgan fingerprint density at radius 1 is 0.722 bits per heavy atom. The van der Waals surface area contributed by atoms with Crippen LogP contribution in [-0.4, -0.2) is 40.5 Å². The molecular weight excluding hydrogens is 493 g/mol. The first kappa shape index (κ1) is 25.6.